The first-order valence-corrected chi connectivity index (χ1v) is 9.96. The predicted octanol–water partition coefficient (Wildman–Crippen LogP) is 3.35. The number of rotatable bonds is 6. The van der Waals surface area contributed by atoms with Crippen LogP contribution in [0, 0.1) is 12.8 Å². The van der Waals surface area contributed by atoms with Gasteiger partial charge in [-0.2, -0.15) is 0 Å². The molecule has 1 heterocycles. The van der Waals surface area contributed by atoms with Crippen molar-refractivity contribution in [3.63, 3.8) is 0 Å². The monoisotopic (exact) mass is 379 g/mol. The lowest BCUT2D eigenvalue weighted by atomic mass is 9.94. The third-order valence-corrected chi connectivity index (χ3v) is 5.42. The molecule has 2 N–H and O–H groups in total. The molecule has 0 radical (unpaired) electrons. The second kappa shape index (κ2) is 9.51. The van der Waals surface area contributed by atoms with Crippen LogP contribution in [0.3, 0.4) is 0 Å². The molecule has 1 atom stereocenters. The minimum absolute atomic E-state index is 0.00224. The number of nitrogens with zero attached hydrogens (tertiary/aromatic N) is 1. The van der Waals surface area contributed by atoms with E-state index in [-0.39, 0.29) is 23.8 Å². The van der Waals surface area contributed by atoms with E-state index in [1.54, 1.807) is 0 Å². The molecule has 1 fully saturated rings. The minimum atomic E-state index is -0.214. The van der Waals surface area contributed by atoms with Crippen molar-refractivity contribution in [2.24, 2.45) is 5.92 Å². The van der Waals surface area contributed by atoms with Crippen molar-refractivity contribution in [2.75, 3.05) is 18.4 Å². The zero-order valence-electron chi connectivity index (χ0n) is 16.7. The van der Waals surface area contributed by atoms with Crippen molar-refractivity contribution in [1.29, 1.82) is 0 Å². The highest BCUT2D eigenvalue weighted by Gasteiger charge is 2.29. The first-order chi connectivity index (χ1) is 13.5. The molecule has 1 unspecified atom stereocenters. The molecule has 1 aliphatic heterocycles. The van der Waals surface area contributed by atoms with Crippen molar-refractivity contribution >= 4 is 17.5 Å². The highest BCUT2D eigenvalue weighted by Crippen LogP contribution is 2.20. The summed E-state index contributed by atoms with van der Waals surface area (Å²) in [4.78, 5) is 27.2. The summed E-state index contributed by atoms with van der Waals surface area (Å²) in [5, 5.41) is 6.03. The molecule has 0 saturated carbocycles. The summed E-state index contributed by atoms with van der Waals surface area (Å²) in [6, 6.07) is 17.5. The van der Waals surface area contributed by atoms with E-state index in [1.165, 1.54) is 0 Å². The molecule has 3 rings (SSSR count). The van der Waals surface area contributed by atoms with Gasteiger partial charge in [0.2, 0.25) is 11.8 Å². The van der Waals surface area contributed by atoms with E-state index in [2.05, 4.69) is 15.5 Å². The molecule has 0 bridgehead atoms. The van der Waals surface area contributed by atoms with Crippen LogP contribution >= 0.6 is 0 Å². The molecule has 148 valence electrons. The molecule has 1 saturated heterocycles. The van der Waals surface area contributed by atoms with Crippen LogP contribution in [0.15, 0.2) is 54.6 Å². The number of piperidine rings is 1. The van der Waals surface area contributed by atoms with E-state index < -0.39 is 0 Å². The average molecular weight is 380 g/mol. The standard InChI is InChI=1S/C23H29N3O2/c1-17-7-6-10-21(15-17)25-22(27)18(2)26-13-11-20(12-14-26)23(28)24-16-19-8-4-3-5-9-19/h3-10,15,18,20H,11-14,16H2,1-2H3,(H,24,28)(H,25,27). The topological polar surface area (TPSA) is 61.4 Å². The van der Waals surface area contributed by atoms with Crippen LogP contribution < -0.4 is 10.6 Å². The van der Waals surface area contributed by atoms with Crippen LogP contribution in [0.4, 0.5) is 5.69 Å². The third kappa shape index (κ3) is 5.42. The van der Waals surface area contributed by atoms with Gasteiger partial charge in [-0.05, 0) is 63.0 Å². The third-order valence-electron chi connectivity index (χ3n) is 5.42. The summed E-state index contributed by atoms with van der Waals surface area (Å²) in [5.74, 6) is 0.130. The molecular formula is C23H29N3O2. The molecule has 5 heteroatoms. The van der Waals surface area contributed by atoms with Gasteiger partial charge in [0.25, 0.3) is 0 Å². The number of benzene rings is 2. The normalized spacial score (nSPS) is 16.4. The maximum atomic E-state index is 12.6. The first-order valence-electron chi connectivity index (χ1n) is 9.96. The van der Waals surface area contributed by atoms with E-state index in [9.17, 15) is 9.59 Å². The van der Waals surface area contributed by atoms with Crippen molar-refractivity contribution < 1.29 is 9.59 Å². The molecule has 5 nitrogen and oxygen atoms in total. The van der Waals surface area contributed by atoms with E-state index in [0.717, 1.165) is 42.7 Å². The molecular weight excluding hydrogens is 350 g/mol. The number of aryl methyl sites for hydroxylation is 1. The van der Waals surface area contributed by atoms with Crippen LogP contribution in [0.1, 0.15) is 30.9 Å². The SMILES string of the molecule is Cc1cccc(NC(=O)C(C)N2CCC(C(=O)NCc3ccccc3)CC2)c1. The number of anilines is 1. The van der Waals surface area contributed by atoms with Gasteiger partial charge < -0.3 is 10.6 Å². The van der Waals surface area contributed by atoms with Gasteiger partial charge in [-0.3, -0.25) is 14.5 Å². The van der Waals surface area contributed by atoms with Crippen molar-refractivity contribution in [3.8, 4) is 0 Å². The Morgan fingerprint density at radius 3 is 2.46 bits per heavy atom. The Balaban J connectivity index is 1.44. The molecule has 2 amide bonds. The van der Waals surface area contributed by atoms with Crippen LogP contribution in [0.25, 0.3) is 0 Å². The quantitative estimate of drug-likeness (QED) is 0.809. The number of amides is 2. The molecule has 28 heavy (non-hydrogen) atoms. The molecule has 0 aliphatic carbocycles. The van der Waals surface area contributed by atoms with Crippen LogP contribution in [0.2, 0.25) is 0 Å². The van der Waals surface area contributed by atoms with Gasteiger partial charge >= 0.3 is 0 Å². The summed E-state index contributed by atoms with van der Waals surface area (Å²) >= 11 is 0. The van der Waals surface area contributed by atoms with Crippen LogP contribution in [-0.4, -0.2) is 35.8 Å². The fraction of sp³-hybridized carbons (Fsp3) is 0.391. The minimum Gasteiger partial charge on any atom is -0.352 e. The number of hydrogen-bond acceptors (Lipinski definition) is 3. The van der Waals surface area contributed by atoms with Crippen molar-refractivity contribution in [3.05, 3.63) is 65.7 Å². The molecule has 2 aromatic carbocycles. The van der Waals surface area contributed by atoms with Gasteiger partial charge in [0.15, 0.2) is 0 Å². The number of carbonyl (C=O) groups excluding carboxylic acids is 2. The number of likely N-dealkylation sites (tertiary alicyclic amines) is 1. The van der Waals surface area contributed by atoms with Crippen LogP contribution in [-0.2, 0) is 16.1 Å². The van der Waals surface area contributed by atoms with E-state index in [0.29, 0.717) is 6.54 Å². The smallest absolute Gasteiger partial charge is 0.241 e. The summed E-state index contributed by atoms with van der Waals surface area (Å²) in [7, 11) is 0. The largest absolute Gasteiger partial charge is 0.352 e. The number of carbonyl (C=O) groups is 2. The maximum Gasteiger partial charge on any atom is 0.241 e. The van der Waals surface area contributed by atoms with Gasteiger partial charge in [0.05, 0.1) is 6.04 Å². The summed E-state index contributed by atoms with van der Waals surface area (Å²) < 4.78 is 0. The number of hydrogen-bond donors (Lipinski definition) is 2. The summed E-state index contributed by atoms with van der Waals surface area (Å²) in [6.07, 6.45) is 1.56. The van der Waals surface area contributed by atoms with Gasteiger partial charge in [0.1, 0.15) is 0 Å². The lowest BCUT2D eigenvalue weighted by Crippen LogP contribution is -2.48. The van der Waals surface area contributed by atoms with E-state index >= 15 is 0 Å². The second-order valence-electron chi connectivity index (χ2n) is 7.55. The van der Waals surface area contributed by atoms with E-state index in [4.69, 9.17) is 0 Å². The Bertz CT molecular complexity index is 799. The Labute approximate surface area is 167 Å². The average Bonchev–Trinajstić information content (AvgIpc) is 2.72. The Morgan fingerprint density at radius 1 is 1.07 bits per heavy atom. The van der Waals surface area contributed by atoms with Crippen molar-refractivity contribution in [2.45, 2.75) is 39.3 Å². The summed E-state index contributed by atoms with van der Waals surface area (Å²) in [6.45, 7) is 6.01. The van der Waals surface area contributed by atoms with Crippen LogP contribution in [0.5, 0.6) is 0 Å². The lowest BCUT2D eigenvalue weighted by Gasteiger charge is -2.34. The van der Waals surface area contributed by atoms with Gasteiger partial charge in [0, 0.05) is 18.2 Å². The first kappa shape index (κ1) is 20.1. The molecule has 1 aliphatic rings. The Kier molecular flexibility index (Phi) is 6.82. The highest BCUT2D eigenvalue weighted by atomic mass is 16.2. The van der Waals surface area contributed by atoms with Crippen molar-refractivity contribution in [1.82, 2.24) is 10.2 Å². The Morgan fingerprint density at radius 2 is 1.79 bits per heavy atom. The zero-order valence-corrected chi connectivity index (χ0v) is 16.7. The Hall–Kier alpha value is -2.66. The highest BCUT2D eigenvalue weighted by molar-refractivity contribution is 5.94. The van der Waals surface area contributed by atoms with Gasteiger partial charge in [-0.25, -0.2) is 0 Å². The second-order valence-corrected chi connectivity index (χ2v) is 7.55. The molecule has 2 aromatic rings. The van der Waals surface area contributed by atoms with Gasteiger partial charge in [-0.1, -0.05) is 42.5 Å². The molecule has 0 spiro atoms. The fourth-order valence-electron chi connectivity index (χ4n) is 3.61. The van der Waals surface area contributed by atoms with Gasteiger partial charge in [-0.15, -0.1) is 0 Å². The van der Waals surface area contributed by atoms with E-state index in [1.807, 2.05) is 68.4 Å². The molecule has 0 aromatic heterocycles. The lowest BCUT2D eigenvalue weighted by molar-refractivity contribution is -0.127. The fourth-order valence-corrected chi connectivity index (χ4v) is 3.61. The maximum absolute atomic E-state index is 12.6. The number of nitrogens with one attached hydrogen (secondary N) is 2. The summed E-state index contributed by atoms with van der Waals surface area (Å²) in [5.41, 5.74) is 3.05. The zero-order chi connectivity index (χ0) is 19.9. The predicted molar refractivity (Wildman–Crippen MR) is 112 cm³/mol.